The maximum absolute atomic E-state index is 10.5. The van der Waals surface area contributed by atoms with Crippen LogP contribution in [0.25, 0.3) is 0 Å². The van der Waals surface area contributed by atoms with Crippen LogP contribution in [-0.4, -0.2) is 21.7 Å². The van der Waals surface area contributed by atoms with E-state index in [1.54, 1.807) is 0 Å². The zero-order chi connectivity index (χ0) is 10.8. The minimum atomic E-state index is -4.55. The molecular formula is C6H6O6S2. The molecule has 14 heavy (non-hydrogen) atoms. The summed E-state index contributed by atoms with van der Waals surface area (Å²) in [5, 5.41) is 0. The second kappa shape index (κ2) is 4.05. The summed E-state index contributed by atoms with van der Waals surface area (Å²) >= 11 is -2.13. The highest BCUT2D eigenvalue weighted by atomic mass is 32.3. The molecule has 0 bridgehead atoms. The number of benzene rings is 1. The van der Waals surface area contributed by atoms with Crippen molar-refractivity contribution in [1.82, 2.24) is 0 Å². The lowest BCUT2D eigenvalue weighted by molar-refractivity contribution is 0.386. The van der Waals surface area contributed by atoms with Crippen LogP contribution in [0.4, 0.5) is 0 Å². The Bertz CT molecular complexity index is 434. The Hall–Kier alpha value is -0.960. The molecule has 8 heteroatoms. The molecule has 6 nitrogen and oxygen atoms in total. The van der Waals surface area contributed by atoms with E-state index in [-0.39, 0.29) is 10.6 Å². The zero-order valence-electron chi connectivity index (χ0n) is 6.65. The van der Waals surface area contributed by atoms with E-state index in [0.717, 1.165) is 12.1 Å². The molecule has 0 saturated carbocycles. The predicted octanol–water partition coefficient (Wildman–Crippen LogP) is 0.449. The van der Waals surface area contributed by atoms with Gasteiger partial charge in [0.1, 0.15) is 5.75 Å². The van der Waals surface area contributed by atoms with Gasteiger partial charge in [0.15, 0.2) is 11.1 Å². The first kappa shape index (κ1) is 11.1. The molecule has 0 amide bonds. The van der Waals surface area contributed by atoms with Crippen molar-refractivity contribution in [3.63, 3.8) is 0 Å². The predicted molar refractivity (Wildman–Crippen MR) is 47.7 cm³/mol. The van der Waals surface area contributed by atoms with Crippen LogP contribution in [0.1, 0.15) is 0 Å². The topological polar surface area (TPSA) is 101 Å². The third kappa shape index (κ3) is 3.42. The lowest BCUT2D eigenvalue weighted by Crippen LogP contribution is -2.06. The van der Waals surface area contributed by atoms with Crippen molar-refractivity contribution in [2.24, 2.45) is 0 Å². The molecule has 0 aliphatic heterocycles. The van der Waals surface area contributed by atoms with Crippen molar-refractivity contribution in [3.8, 4) is 5.75 Å². The van der Waals surface area contributed by atoms with E-state index in [1.165, 1.54) is 12.1 Å². The number of rotatable bonds is 3. The molecule has 1 atom stereocenters. The Labute approximate surface area is 82.8 Å². The van der Waals surface area contributed by atoms with Crippen LogP contribution in [0.15, 0.2) is 29.2 Å². The largest absolute Gasteiger partial charge is 0.446 e. The van der Waals surface area contributed by atoms with E-state index in [4.69, 9.17) is 9.11 Å². The molecule has 1 aromatic rings. The van der Waals surface area contributed by atoms with Crippen LogP contribution < -0.4 is 4.18 Å². The highest BCUT2D eigenvalue weighted by molar-refractivity contribution is 7.81. The summed E-state index contributed by atoms with van der Waals surface area (Å²) < 4.78 is 52.0. The number of hydrogen-bond donors (Lipinski definition) is 2. The molecule has 1 rings (SSSR count). The van der Waals surface area contributed by atoms with Gasteiger partial charge in [-0.05, 0) is 24.3 Å². The van der Waals surface area contributed by atoms with Gasteiger partial charge in [0.2, 0.25) is 0 Å². The van der Waals surface area contributed by atoms with Gasteiger partial charge in [-0.3, -0.25) is 4.55 Å². The average molecular weight is 238 g/mol. The van der Waals surface area contributed by atoms with Gasteiger partial charge in [0, 0.05) is 0 Å². The quantitative estimate of drug-likeness (QED) is 0.585. The summed E-state index contributed by atoms with van der Waals surface area (Å²) in [6.07, 6.45) is 0. The summed E-state index contributed by atoms with van der Waals surface area (Å²) in [6.45, 7) is 0. The highest BCUT2D eigenvalue weighted by Crippen LogP contribution is 2.15. The molecule has 1 unspecified atom stereocenters. The first-order valence-corrected chi connectivity index (χ1v) is 5.73. The van der Waals surface area contributed by atoms with Crippen molar-refractivity contribution in [1.29, 1.82) is 0 Å². The van der Waals surface area contributed by atoms with Crippen LogP contribution in [0.3, 0.4) is 0 Å². The minimum Gasteiger partial charge on any atom is -0.362 e. The van der Waals surface area contributed by atoms with E-state index in [0.29, 0.717) is 0 Å². The maximum atomic E-state index is 10.5. The second-order valence-corrected chi connectivity index (χ2v) is 4.22. The van der Waals surface area contributed by atoms with E-state index < -0.39 is 21.5 Å². The van der Waals surface area contributed by atoms with Gasteiger partial charge < -0.3 is 8.74 Å². The van der Waals surface area contributed by atoms with Crippen LogP contribution in [0, 0.1) is 0 Å². The first-order valence-electron chi connectivity index (χ1n) is 3.26. The monoisotopic (exact) mass is 238 g/mol. The zero-order valence-corrected chi connectivity index (χ0v) is 8.29. The summed E-state index contributed by atoms with van der Waals surface area (Å²) in [7, 11) is -4.55. The molecule has 0 spiro atoms. The number of hydrogen-bond acceptors (Lipinski definition) is 4. The van der Waals surface area contributed by atoms with Gasteiger partial charge in [-0.25, -0.2) is 4.21 Å². The fourth-order valence-electron chi connectivity index (χ4n) is 0.733. The van der Waals surface area contributed by atoms with E-state index >= 15 is 0 Å². The Morgan fingerprint density at radius 3 is 2.07 bits per heavy atom. The third-order valence-corrected chi connectivity index (χ3v) is 2.31. The molecule has 0 aliphatic carbocycles. The smallest absolute Gasteiger partial charge is 0.362 e. The van der Waals surface area contributed by atoms with Gasteiger partial charge in [-0.15, -0.1) is 0 Å². The van der Waals surface area contributed by atoms with E-state index in [1.807, 2.05) is 0 Å². The van der Waals surface area contributed by atoms with Gasteiger partial charge in [0.05, 0.1) is 4.90 Å². The van der Waals surface area contributed by atoms with Crippen molar-refractivity contribution >= 4 is 21.5 Å². The Morgan fingerprint density at radius 2 is 1.71 bits per heavy atom. The normalized spacial score (nSPS) is 13.6. The molecule has 78 valence electrons. The lowest BCUT2D eigenvalue weighted by Gasteiger charge is -2.00. The fraction of sp³-hybridized carbons (Fsp3) is 0. The Morgan fingerprint density at radius 1 is 1.21 bits per heavy atom. The molecule has 0 fully saturated rings. The molecule has 0 radical (unpaired) electrons. The van der Waals surface area contributed by atoms with E-state index in [2.05, 4.69) is 4.18 Å². The minimum absolute atomic E-state index is 0.104. The molecular weight excluding hydrogens is 232 g/mol. The van der Waals surface area contributed by atoms with Gasteiger partial charge in [-0.2, -0.15) is 8.42 Å². The lowest BCUT2D eigenvalue weighted by atomic mass is 10.3. The fourth-order valence-corrected chi connectivity index (χ4v) is 1.46. The summed E-state index contributed by atoms with van der Waals surface area (Å²) in [5.41, 5.74) is 0. The first-order chi connectivity index (χ1) is 6.38. The Kier molecular flexibility index (Phi) is 3.21. The van der Waals surface area contributed by atoms with Crippen molar-refractivity contribution < 1.29 is 25.9 Å². The highest BCUT2D eigenvalue weighted by Gasteiger charge is 2.07. The molecule has 2 N–H and O–H groups in total. The summed E-state index contributed by atoms with van der Waals surface area (Å²) in [6, 6.07) is 4.71. The summed E-state index contributed by atoms with van der Waals surface area (Å²) in [4.78, 5) is 0.104. The molecule has 0 saturated heterocycles. The van der Waals surface area contributed by atoms with Crippen LogP contribution in [-0.2, 0) is 21.5 Å². The van der Waals surface area contributed by atoms with Crippen LogP contribution >= 0.6 is 0 Å². The summed E-state index contributed by atoms with van der Waals surface area (Å²) in [5.74, 6) is -0.137. The van der Waals surface area contributed by atoms with Gasteiger partial charge >= 0.3 is 10.4 Å². The third-order valence-electron chi connectivity index (χ3n) is 1.23. The van der Waals surface area contributed by atoms with Crippen molar-refractivity contribution in [2.75, 3.05) is 0 Å². The SMILES string of the molecule is O=S(O)c1ccc(OS(=O)(=O)O)cc1. The van der Waals surface area contributed by atoms with Gasteiger partial charge in [-0.1, -0.05) is 0 Å². The van der Waals surface area contributed by atoms with E-state index in [9.17, 15) is 12.6 Å². The second-order valence-electron chi connectivity index (χ2n) is 2.23. The molecule has 0 aliphatic rings. The average Bonchev–Trinajstić information content (AvgIpc) is 2.02. The molecule has 0 heterocycles. The van der Waals surface area contributed by atoms with Crippen LogP contribution in [0.2, 0.25) is 0 Å². The van der Waals surface area contributed by atoms with Crippen LogP contribution in [0.5, 0.6) is 5.75 Å². The maximum Gasteiger partial charge on any atom is 0.446 e. The Balaban J connectivity index is 2.90. The van der Waals surface area contributed by atoms with Crippen molar-refractivity contribution in [2.45, 2.75) is 4.90 Å². The van der Waals surface area contributed by atoms with Crippen molar-refractivity contribution in [3.05, 3.63) is 24.3 Å². The van der Waals surface area contributed by atoms with Gasteiger partial charge in [0.25, 0.3) is 0 Å². The molecule has 1 aromatic carbocycles. The molecule has 0 aromatic heterocycles. The standard InChI is InChI=1S/C6H6O6S2/c7-13(8)6-3-1-5(2-4-6)12-14(9,10)11/h1-4H,(H,7,8)(H,9,10,11).